The van der Waals surface area contributed by atoms with Crippen molar-refractivity contribution in [3.63, 3.8) is 0 Å². The van der Waals surface area contributed by atoms with E-state index in [1.807, 2.05) is 60.7 Å². The number of halogens is 1. The second-order valence-electron chi connectivity index (χ2n) is 10.4. The summed E-state index contributed by atoms with van der Waals surface area (Å²) in [5.41, 5.74) is 1.77. The number of rotatable bonds is 9. The lowest BCUT2D eigenvalue weighted by Crippen LogP contribution is -2.48. The second kappa shape index (κ2) is 13.4. The van der Waals surface area contributed by atoms with E-state index in [1.54, 1.807) is 4.31 Å². The first-order chi connectivity index (χ1) is 19.0. The number of carbonyl (C=O) groups is 1. The standard InChI is InChI=1S/C29H36IN3O5S/c34-29(37-20-22-12-4-1-5-13-22)31-26(24-16-8-3-9-17-24)28-30-27(32-38-28)25-18-10-11-19-33(25)39(35,36)21-23-14-6-2-7-15-23/h1,3-5,8-9,12-13,16-17,23,25-26H,2,6-7,10-11,14-15,18-21H2,(H,31,34)/t25-,26-/m0/s1. The van der Waals surface area contributed by atoms with E-state index < -0.39 is 42.9 Å². The Hall–Kier alpha value is -2.31. The molecular weight excluding hydrogens is 629 g/mol. The minimum Gasteiger partial charge on any atom is -0.445 e. The summed E-state index contributed by atoms with van der Waals surface area (Å²) in [7, 11) is -3.40. The van der Waals surface area contributed by atoms with E-state index in [-0.39, 0.29) is 24.3 Å². The third kappa shape index (κ3) is 7.46. The summed E-state index contributed by atoms with van der Waals surface area (Å²) >= 11 is -0.895. The largest absolute Gasteiger partial charge is 0.445 e. The van der Waals surface area contributed by atoms with Crippen LogP contribution in [0.5, 0.6) is 0 Å². The number of hydrogen-bond acceptors (Lipinski definition) is 6. The van der Waals surface area contributed by atoms with E-state index in [4.69, 9.17) is 9.57 Å². The molecule has 39 heavy (non-hydrogen) atoms. The zero-order valence-corrected chi connectivity index (χ0v) is 25.0. The van der Waals surface area contributed by atoms with Crippen molar-refractivity contribution in [1.29, 1.82) is 0 Å². The Kier molecular flexibility index (Phi) is 9.67. The van der Waals surface area contributed by atoms with Crippen molar-refractivity contribution in [3.05, 3.63) is 71.8 Å². The van der Waals surface area contributed by atoms with Crippen molar-refractivity contribution in [3.8, 4) is 0 Å². The Balaban J connectivity index is 1.31. The molecule has 1 N–H and O–H groups in total. The van der Waals surface area contributed by atoms with Gasteiger partial charge < -0.3 is 14.9 Å². The summed E-state index contributed by atoms with van der Waals surface area (Å²) in [5, 5.41) is 7.39. The van der Waals surface area contributed by atoms with Gasteiger partial charge in [0.15, 0.2) is 3.69 Å². The van der Waals surface area contributed by atoms with Gasteiger partial charge in [0.05, 0.1) is 11.8 Å². The van der Waals surface area contributed by atoms with Crippen LogP contribution in [0, 0.1) is 5.92 Å². The van der Waals surface area contributed by atoms with E-state index in [0.717, 1.165) is 59.8 Å². The highest BCUT2D eigenvalue weighted by molar-refractivity contribution is 14.2. The Morgan fingerprint density at radius 1 is 1.00 bits per heavy atom. The molecule has 0 spiro atoms. The molecule has 3 aliphatic rings. The van der Waals surface area contributed by atoms with E-state index in [0.29, 0.717) is 10.2 Å². The van der Waals surface area contributed by atoms with Crippen LogP contribution in [0.2, 0.25) is 0 Å². The van der Waals surface area contributed by atoms with E-state index >= 15 is 0 Å². The number of oxime groups is 1. The van der Waals surface area contributed by atoms with Gasteiger partial charge in [0.25, 0.3) is 0 Å². The molecule has 0 radical (unpaired) electrons. The number of piperidine rings is 1. The molecule has 1 saturated heterocycles. The average molecular weight is 666 g/mol. The minimum atomic E-state index is -3.40. The summed E-state index contributed by atoms with van der Waals surface area (Å²) in [6.07, 6.45) is 7.48. The third-order valence-electron chi connectivity index (χ3n) is 7.50. The Morgan fingerprint density at radius 2 is 1.69 bits per heavy atom. The maximum atomic E-state index is 13.6. The van der Waals surface area contributed by atoms with Crippen LogP contribution in [0.25, 0.3) is 0 Å². The number of sulfonamides is 1. The van der Waals surface area contributed by atoms with Gasteiger partial charge in [-0.1, -0.05) is 91.5 Å². The monoisotopic (exact) mass is 665 g/mol. The number of nitrogens with one attached hydrogen (secondary N) is 1. The summed E-state index contributed by atoms with van der Waals surface area (Å²) in [4.78, 5) is 18.7. The lowest BCUT2D eigenvalue weighted by Gasteiger charge is -2.35. The maximum absolute atomic E-state index is 13.6. The zero-order valence-electron chi connectivity index (χ0n) is 22.0. The highest BCUT2D eigenvalue weighted by Gasteiger charge is 2.39. The number of hydrogen-bond donors (Lipinski definition) is 1. The first-order valence-corrected chi connectivity index (χ1v) is 17.5. The molecule has 0 aromatic heterocycles. The molecular formula is C29H36IN3O5S. The van der Waals surface area contributed by atoms with E-state index in [9.17, 15) is 13.2 Å². The first kappa shape index (κ1) is 28.2. The predicted octanol–water partition coefficient (Wildman–Crippen LogP) is 5.86. The number of alkyl carbamates (subject to hydrolysis) is 1. The summed E-state index contributed by atoms with van der Waals surface area (Å²) < 4.78 is 35.8. The molecule has 1 aliphatic carbocycles. The van der Waals surface area contributed by atoms with Crippen LogP contribution in [0.15, 0.2) is 65.8 Å². The molecule has 2 aromatic rings. The van der Waals surface area contributed by atoms with Gasteiger partial charge in [-0.2, -0.15) is 4.31 Å². The molecule has 0 unspecified atom stereocenters. The van der Waals surface area contributed by atoms with Crippen molar-refractivity contribution in [2.75, 3.05) is 12.3 Å². The molecule has 8 nitrogen and oxygen atoms in total. The van der Waals surface area contributed by atoms with Gasteiger partial charge in [0, 0.05) is 6.54 Å². The average Bonchev–Trinajstić information content (AvgIpc) is 3.46. The highest BCUT2D eigenvalue weighted by Crippen LogP contribution is 2.34. The van der Waals surface area contributed by atoms with Crippen molar-refractivity contribution in [2.24, 2.45) is 11.1 Å². The second-order valence-corrected chi connectivity index (χ2v) is 15.0. The summed E-state index contributed by atoms with van der Waals surface area (Å²) in [5.74, 6) is 0.479. The number of benzene rings is 2. The molecule has 2 aliphatic heterocycles. The van der Waals surface area contributed by atoms with Crippen molar-refractivity contribution in [2.45, 2.75) is 70.1 Å². The smallest absolute Gasteiger partial charge is 0.408 e. The molecule has 1 saturated carbocycles. The summed E-state index contributed by atoms with van der Waals surface area (Å²) in [6, 6.07) is 18.3. The minimum absolute atomic E-state index is 0.164. The fourth-order valence-electron chi connectivity index (χ4n) is 5.47. The molecule has 0 bridgehead atoms. The molecule has 2 aromatic carbocycles. The number of nitrogens with zero attached hydrogens (tertiary/aromatic N) is 2. The fraction of sp³-hybridized carbons (Fsp3) is 0.483. The van der Waals surface area contributed by atoms with Gasteiger partial charge in [0.1, 0.15) is 16.4 Å². The van der Waals surface area contributed by atoms with Gasteiger partial charge >= 0.3 is 6.09 Å². The SMILES string of the molecule is O=C(N[C@H](C1=IC([C@@H]2CCCCN2S(=O)(=O)CC2CCCCC2)=NO1)c1ccccc1)OCc1ccccc1. The Morgan fingerprint density at radius 3 is 2.44 bits per heavy atom. The number of ether oxygens (including phenoxy) is 1. The zero-order chi connectivity index (χ0) is 27.1. The molecule has 1 amide bonds. The Bertz CT molecular complexity index is 1280. The van der Waals surface area contributed by atoms with Crippen molar-refractivity contribution >= 4 is 44.3 Å². The van der Waals surface area contributed by atoms with Crippen LogP contribution < -0.4 is 5.32 Å². The Labute approximate surface area is 240 Å². The lowest BCUT2D eigenvalue weighted by molar-refractivity contribution is 0.137. The van der Waals surface area contributed by atoms with Crippen LogP contribution in [0.1, 0.15) is 68.5 Å². The molecule has 5 rings (SSSR count). The molecule has 2 heterocycles. The van der Waals surface area contributed by atoms with Crippen molar-refractivity contribution < 1.29 is 22.8 Å². The quantitative estimate of drug-likeness (QED) is 0.339. The van der Waals surface area contributed by atoms with Gasteiger partial charge in [-0.05, 0) is 63.5 Å². The maximum Gasteiger partial charge on any atom is 0.408 e. The van der Waals surface area contributed by atoms with Gasteiger partial charge in [-0.25, -0.2) is 13.2 Å². The molecule has 2 fully saturated rings. The van der Waals surface area contributed by atoms with Gasteiger partial charge in [-0.3, -0.25) is 0 Å². The molecule has 2 atom stereocenters. The van der Waals surface area contributed by atoms with Crippen LogP contribution in [0.3, 0.4) is 0 Å². The normalized spacial score (nSPS) is 21.6. The van der Waals surface area contributed by atoms with E-state index in [2.05, 4.69) is 10.5 Å². The first-order valence-electron chi connectivity index (χ1n) is 13.8. The summed E-state index contributed by atoms with van der Waals surface area (Å²) in [6.45, 7) is 0.695. The van der Waals surface area contributed by atoms with Gasteiger partial charge in [-0.15, -0.1) is 0 Å². The lowest BCUT2D eigenvalue weighted by atomic mass is 9.91. The van der Waals surface area contributed by atoms with E-state index in [1.165, 1.54) is 6.42 Å². The number of amides is 1. The predicted molar refractivity (Wildman–Crippen MR) is 161 cm³/mol. The van der Waals surface area contributed by atoms with Gasteiger partial charge in [0.2, 0.25) is 10.0 Å². The molecule has 210 valence electrons. The van der Waals surface area contributed by atoms with Crippen LogP contribution in [-0.2, 0) is 26.2 Å². The van der Waals surface area contributed by atoms with Crippen molar-refractivity contribution in [1.82, 2.24) is 9.62 Å². The third-order valence-corrected chi connectivity index (χ3v) is 12.4. The van der Waals surface area contributed by atoms with Crippen LogP contribution in [0.4, 0.5) is 4.79 Å². The number of carbonyl (C=O) groups excluding carboxylic acids is 1. The fourth-order valence-corrected chi connectivity index (χ4v) is 10.6. The highest BCUT2D eigenvalue weighted by atomic mass is 127. The topological polar surface area (TPSA) is 97.3 Å². The van der Waals surface area contributed by atoms with Crippen LogP contribution in [-0.4, -0.2) is 44.6 Å². The van der Waals surface area contributed by atoms with Crippen LogP contribution >= 0.6 is 20.7 Å². The molecule has 10 heteroatoms.